The van der Waals surface area contributed by atoms with Gasteiger partial charge in [-0.15, -0.1) is 0 Å². The van der Waals surface area contributed by atoms with Crippen LogP contribution in [-0.2, 0) is 0 Å². The minimum Gasteiger partial charge on any atom is -0.495 e. The third-order valence-electron chi connectivity index (χ3n) is 14.6. The monoisotopic (exact) mass is 1350 g/mol. The Hall–Kier alpha value is -6.28. The van der Waals surface area contributed by atoms with Gasteiger partial charge in [-0.1, -0.05) is 120 Å². The summed E-state index contributed by atoms with van der Waals surface area (Å²) in [7, 11) is 5.58. The lowest BCUT2D eigenvalue weighted by Gasteiger charge is -2.28. The molecule has 4 aromatic carbocycles. The number of thioether (sulfide) groups is 4. The number of ether oxygens (including phenoxy) is 4. The molecule has 0 spiro atoms. The number of carbonyl (C=O) groups is 8. The van der Waals surface area contributed by atoms with Gasteiger partial charge in [0, 0.05) is 108 Å². The molecule has 29 heteroatoms. The Bertz CT molecular complexity index is 2980. The van der Waals surface area contributed by atoms with Gasteiger partial charge in [0.1, 0.15) is 40.3 Å². The molecule has 0 unspecified atom stereocenters. The first-order valence-electron chi connectivity index (χ1n) is 28.0. The van der Waals surface area contributed by atoms with E-state index in [1.165, 1.54) is 95.1 Å². The fourth-order valence-electron chi connectivity index (χ4n) is 10.2. The second-order valence-electron chi connectivity index (χ2n) is 19.8. The van der Waals surface area contributed by atoms with Crippen LogP contribution in [0.5, 0.6) is 23.0 Å². The molecule has 4 fully saturated rings. The summed E-state index contributed by atoms with van der Waals surface area (Å²) in [5.41, 5.74) is 1.48. The number of thiocarbonyl (C=S) groups is 4. The van der Waals surface area contributed by atoms with Gasteiger partial charge in [0.25, 0.3) is 41.4 Å². The van der Waals surface area contributed by atoms with Gasteiger partial charge in [0.2, 0.25) is 0 Å². The number of hydrogen-bond acceptors (Lipinski definition) is 22. The zero-order valence-electron chi connectivity index (χ0n) is 48.7. The van der Waals surface area contributed by atoms with Gasteiger partial charge in [-0.05, 0) is 61.5 Å². The second-order valence-corrected chi connectivity index (χ2v) is 26.7. The van der Waals surface area contributed by atoms with E-state index in [1.807, 2.05) is 4.90 Å². The molecule has 0 bridgehead atoms. The lowest BCUT2D eigenvalue weighted by Crippen LogP contribution is -2.44. The Morgan fingerprint density at radius 2 is 0.659 bits per heavy atom. The molecule has 21 nitrogen and oxygen atoms in total. The molecule has 0 radical (unpaired) electrons. The quantitative estimate of drug-likeness (QED) is 0.0409. The molecule has 0 atom stereocenters. The molecule has 4 aromatic rings. The summed E-state index contributed by atoms with van der Waals surface area (Å²) in [6, 6.07) is 19.2. The van der Waals surface area contributed by atoms with E-state index < -0.39 is 17.7 Å². The minimum atomic E-state index is -0.495. The molecular weight excluding hydrogens is 1280 g/mol. The Morgan fingerprint density at radius 3 is 0.932 bits per heavy atom. The normalized spacial score (nSPS) is 14.9. The van der Waals surface area contributed by atoms with Crippen LogP contribution in [0.4, 0.5) is 0 Å². The van der Waals surface area contributed by atoms with Crippen LogP contribution in [0.25, 0.3) is 0 Å². The van der Waals surface area contributed by atoms with E-state index in [0.717, 1.165) is 0 Å². The maximum absolute atomic E-state index is 14.1. The number of rotatable bonds is 28. The number of nitrogens with one attached hydrogen (secondary N) is 3. The van der Waals surface area contributed by atoms with Crippen molar-refractivity contribution in [1.29, 1.82) is 0 Å². The molecule has 0 aromatic heterocycles. The van der Waals surface area contributed by atoms with Crippen molar-refractivity contribution >= 4 is 160 Å². The van der Waals surface area contributed by atoms with Crippen LogP contribution in [-0.4, -0.2) is 230 Å². The number of amides is 7. The highest BCUT2D eigenvalue weighted by molar-refractivity contribution is 8.24. The smallest absolute Gasteiger partial charge is 0.263 e. The molecule has 4 saturated heterocycles. The first-order valence-corrected chi connectivity index (χ1v) is 33.5. The summed E-state index contributed by atoms with van der Waals surface area (Å²) in [6.07, 6.45) is 0.409. The number of ketones is 1. The van der Waals surface area contributed by atoms with Gasteiger partial charge in [-0.2, -0.15) is 0 Å². The van der Waals surface area contributed by atoms with Gasteiger partial charge in [-0.25, -0.2) is 0 Å². The van der Waals surface area contributed by atoms with Gasteiger partial charge < -0.3 is 39.8 Å². The molecule has 0 saturated carbocycles. The number of carbonyl (C=O) groups excluding carboxylic acids is 8. The Labute approximate surface area is 548 Å². The van der Waals surface area contributed by atoms with Gasteiger partial charge in [-0.3, -0.25) is 62.9 Å². The van der Waals surface area contributed by atoms with E-state index in [0.29, 0.717) is 92.5 Å². The van der Waals surface area contributed by atoms with Crippen LogP contribution in [0, 0.1) is 0 Å². The standard InChI is InChI=1S/C59H65N9O12S8/c1-77-45-36(10-5-14-40(45)52(73)65-28-32-85-56(65)81)44(69)18-9-22-63(23-19-60-49(70)37-11-6-15-41(46(37)78-2)53(74)66-29-33-86-57(66)82)26-27-64(24-20-61-50(71)38-12-7-16-42(47(38)79-3)54(75)67-30-34-87-58(67)83)25-21-62-51(72)39-13-8-17-43(48(39)80-4)55(76)68-31-35-88-59(68)84/h5-8,10-17H,9,18-35H2,1-4H3,(H,60,70)(H,61,71)(H,62,72). The average Bonchev–Trinajstić information content (AvgIpc) is 3.51. The number of para-hydroxylation sites is 4. The van der Waals surface area contributed by atoms with Crippen LogP contribution in [0.2, 0.25) is 0 Å². The average molecular weight is 1350 g/mol. The number of methoxy groups -OCH3 is 4. The highest BCUT2D eigenvalue weighted by Crippen LogP contribution is 2.33. The van der Waals surface area contributed by atoms with Crippen LogP contribution in [0.1, 0.15) is 95.7 Å². The van der Waals surface area contributed by atoms with Crippen LogP contribution in [0.3, 0.4) is 0 Å². The zero-order valence-corrected chi connectivity index (χ0v) is 55.2. The van der Waals surface area contributed by atoms with Gasteiger partial charge >= 0.3 is 0 Å². The maximum Gasteiger partial charge on any atom is 0.263 e. The van der Waals surface area contributed by atoms with Crippen molar-refractivity contribution in [2.75, 3.05) is 137 Å². The Kier molecular flexibility index (Phi) is 25.0. The van der Waals surface area contributed by atoms with Crippen LogP contribution in [0.15, 0.2) is 72.8 Å². The predicted octanol–water partition coefficient (Wildman–Crippen LogP) is 6.47. The van der Waals surface area contributed by atoms with E-state index >= 15 is 0 Å². The Morgan fingerprint density at radius 1 is 0.398 bits per heavy atom. The summed E-state index contributed by atoms with van der Waals surface area (Å²) in [5.74, 6) is -0.0963. The predicted molar refractivity (Wildman–Crippen MR) is 360 cm³/mol. The van der Waals surface area contributed by atoms with Crippen molar-refractivity contribution < 1.29 is 57.3 Å². The fraction of sp³-hybridized carbons (Fsp3) is 0.390. The van der Waals surface area contributed by atoms with E-state index in [9.17, 15) is 38.4 Å². The summed E-state index contributed by atoms with van der Waals surface area (Å²) >= 11 is 27.3. The van der Waals surface area contributed by atoms with Crippen LogP contribution < -0.4 is 34.9 Å². The van der Waals surface area contributed by atoms with E-state index in [1.54, 1.807) is 72.8 Å². The first kappa shape index (κ1) is 67.6. The summed E-state index contributed by atoms with van der Waals surface area (Å²) in [4.78, 5) is 121. The first-order chi connectivity index (χ1) is 42.5. The third-order valence-corrected chi connectivity index (χ3v) is 20.3. The van der Waals surface area contributed by atoms with Crippen LogP contribution >= 0.6 is 95.9 Å². The lowest BCUT2D eigenvalue weighted by molar-refractivity contribution is 0.0848. The largest absolute Gasteiger partial charge is 0.495 e. The van der Waals surface area contributed by atoms with Crippen molar-refractivity contribution in [1.82, 2.24) is 45.3 Å². The zero-order chi connectivity index (χ0) is 63.0. The highest BCUT2D eigenvalue weighted by atomic mass is 32.2. The molecule has 7 amide bonds. The molecule has 0 aliphatic carbocycles. The molecule has 8 rings (SSSR count). The number of hydrogen-bond donors (Lipinski definition) is 3. The molecule has 4 aliphatic heterocycles. The number of benzene rings is 4. The van der Waals surface area contributed by atoms with Crippen molar-refractivity contribution in [3.8, 4) is 23.0 Å². The molecule has 3 N–H and O–H groups in total. The SMILES string of the molecule is COc1c(C(=O)CCCN(CCNC(=O)c2cccc(C(=O)N3CCSC3=S)c2OC)CCN(CCNC(=O)c2cccc(C(=O)N3CCSC3=S)c2OC)CCNC(=O)c2cccc(C(=O)N3CCSC3=S)c2OC)cccc1C(=O)N1CCSC1=S. The van der Waals surface area contributed by atoms with Crippen molar-refractivity contribution in [3.63, 3.8) is 0 Å². The number of nitrogens with zero attached hydrogens (tertiary/aromatic N) is 6. The van der Waals surface area contributed by atoms with E-state index in [2.05, 4.69) is 20.9 Å². The number of Topliss-reactive ketones (excluding diaryl/α,β-unsaturated/α-hetero) is 1. The second kappa shape index (κ2) is 32.5. The molecule has 4 aliphatic rings. The van der Waals surface area contributed by atoms with E-state index in [-0.39, 0.29) is 143 Å². The maximum atomic E-state index is 14.1. The summed E-state index contributed by atoms with van der Waals surface area (Å²) in [6.45, 7) is 3.94. The Balaban J connectivity index is 1.01. The van der Waals surface area contributed by atoms with Crippen molar-refractivity contribution in [2.24, 2.45) is 0 Å². The minimum absolute atomic E-state index is 0.0630. The van der Waals surface area contributed by atoms with Crippen molar-refractivity contribution in [2.45, 2.75) is 12.8 Å². The highest BCUT2D eigenvalue weighted by Gasteiger charge is 2.34. The molecular formula is C59H65N9O12S8. The molecule has 88 heavy (non-hydrogen) atoms. The van der Waals surface area contributed by atoms with Gasteiger partial charge in [0.05, 0.1) is 72.9 Å². The summed E-state index contributed by atoms with van der Waals surface area (Å²) < 4.78 is 24.5. The molecule has 4 heterocycles. The lowest BCUT2D eigenvalue weighted by atomic mass is 10.0. The van der Waals surface area contributed by atoms with Crippen molar-refractivity contribution in [3.05, 3.63) is 117 Å². The topological polar surface area (TPSA) is 229 Å². The van der Waals surface area contributed by atoms with E-state index in [4.69, 9.17) is 67.8 Å². The molecule has 466 valence electrons. The van der Waals surface area contributed by atoms with Gasteiger partial charge in [0.15, 0.2) is 5.78 Å². The fourth-order valence-corrected chi connectivity index (χ4v) is 15.0. The summed E-state index contributed by atoms with van der Waals surface area (Å²) in [5, 5.41) is 8.93. The third kappa shape index (κ3) is 16.2.